The summed E-state index contributed by atoms with van der Waals surface area (Å²) >= 11 is 5.75. The molecule has 0 saturated heterocycles. The summed E-state index contributed by atoms with van der Waals surface area (Å²) in [6.07, 6.45) is 0. The zero-order chi connectivity index (χ0) is 16.9. The van der Waals surface area contributed by atoms with Crippen LogP contribution in [0.1, 0.15) is 19.4 Å². The minimum absolute atomic E-state index is 0.102. The lowest BCUT2D eigenvalue weighted by molar-refractivity contribution is 0.340. The van der Waals surface area contributed by atoms with E-state index in [1.54, 1.807) is 6.92 Å². The van der Waals surface area contributed by atoms with Crippen LogP contribution in [0.4, 0.5) is 0 Å². The quantitative estimate of drug-likeness (QED) is 0.639. The van der Waals surface area contributed by atoms with E-state index < -0.39 is 10.0 Å². The van der Waals surface area contributed by atoms with Crippen LogP contribution in [0.3, 0.4) is 0 Å². The van der Waals surface area contributed by atoms with Crippen LogP contribution >= 0.6 is 11.6 Å². The molecule has 122 valence electrons. The van der Waals surface area contributed by atoms with E-state index in [9.17, 15) is 8.42 Å². The summed E-state index contributed by atoms with van der Waals surface area (Å²) in [7, 11) is -3.72. The molecule has 2 aromatic rings. The van der Waals surface area contributed by atoms with E-state index in [-0.39, 0.29) is 4.90 Å². The van der Waals surface area contributed by atoms with Gasteiger partial charge in [-0.1, -0.05) is 11.6 Å². The van der Waals surface area contributed by atoms with Gasteiger partial charge < -0.3 is 4.74 Å². The zero-order valence-corrected chi connectivity index (χ0v) is 14.4. The monoisotopic (exact) mass is 352 g/mol. The Morgan fingerprint density at radius 2 is 1.74 bits per heavy atom. The first-order valence-electron chi connectivity index (χ1n) is 6.97. The van der Waals surface area contributed by atoms with Crippen LogP contribution in [-0.4, -0.2) is 20.7 Å². The van der Waals surface area contributed by atoms with E-state index in [2.05, 4.69) is 9.93 Å². The number of nitrogens with zero attached hydrogens (tertiary/aromatic N) is 1. The summed E-state index contributed by atoms with van der Waals surface area (Å²) in [5.41, 5.74) is 1.35. The van der Waals surface area contributed by atoms with Gasteiger partial charge in [0, 0.05) is 5.02 Å². The molecule has 0 aromatic heterocycles. The molecule has 7 heteroatoms. The Kier molecular flexibility index (Phi) is 5.63. The summed E-state index contributed by atoms with van der Waals surface area (Å²) < 4.78 is 29.6. The number of hydrogen-bond donors (Lipinski definition) is 1. The molecule has 2 rings (SSSR count). The summed E-state index contributed by atoms with van der Waals surface area (Å²) in [5, 5.41) is 4.42. The lowest BCUT2D eigenvalue weighted by Crippen LogP contribution is -2.19. The van der Waals surface area contributed by atoms with Gasteiger partial charge in [-0.25, -0.2) is 0 Å². The molecule has 0 aliphatic rings. The van der Waals surface area contributed by atoms with E-state index >= 15 is 0 Å². The number of sulfonamides is 1. The van der Waals surface area contributed by atoms with Crippen LogP contribution in [0.25, 0.3) is 0 Å². The van der Waals surface area contributed by atoms with Gasteiger partial charge in [0.25, 0.3) is 10.0 Å². The molecule has 0 fully saturated rings. The van der Waals surface area contributed by atoms with Crippen molar-refractivity contribution in [3.05, 3.63) is 59.1 Å². The highest BCUT2D eigenvalue weighted by Crippen LogP contribution is 2.15. The Hall–Kier alpha value is -2.05. The first-order valence-corrected chi connectivity index (χ1v) is 8.83. The molecule has 0 radical (unpaired) electrons. The average molecular weight is 353 g/mol. The molecule has 1 N–H and O–H groups in total. The molecular weight excluding hydrogens is 336 g/mol. The number of hydrogen-bond acceptors (Lipinski definition) is 4. The molecule has 0 saturated carbocycles. The second-order valence-corrected chi connectivity index (χ2v) is 6.80. The Morgan fingerprint density at radius 1 is 1.13 bits per heavy atom. The van der Waals surface area contributed by atoms with Crippen molar-refractivity contribution in [2.45, 2.75) is 18.7 Å². The summed E-state index contributed by atoms with van der Waals surface area (Å²) in [4.78, 5) is 2.32. The van der Waals surface area contributed by atoms with Crippen molar-refractivity contribution in [3.8, 4) is 5.75 Å². The molecule has 0 spiro atoms. The number of hydrazone groups is 1. The number of halogens is 1. The maximum atomic E-state index is 12.1. The van der Waals surface area contributed by atoms with Crippen molar-refractivity contribution >= 4 is 27.3 Å². The molecule has 5 nitrogen and oxygen atoms in total. The smallest absolute Gasteiger partial charge is 0.276 e. The van der Waals surface area contributed by atoms with E-state index in [4.69, 9.17) is 16.3 Å². The minimum atomic E-state index is -3.72. The van der Waals surface area contributed by atoms with E-state index in [1.165, 1.54) is 24.3 Å². The lowest BCUT2D eigenvalue weighted by atomic mass is 10.1. The Bertz CT molecular complexity index is 785. The summed E-state index contributed by atoms with van der Waals surface area (Å²) in [6.45, 7) is 4.22. The first-order chi connectivity index (χ1) is 10.9. The van der Waals surface area contributed by atoms with E-state index in [0.29, 0.717) is 17.3 Å². The fourth-order valence-corrected chi connectivity index (χ4v) is 2.80. The van der Waals surface area contributed by atoms with Crippen molar-refractivity contribution in [1.29, 1.82) is 0 Å². The second-order valence-electron chi connectivity index (χ2n) is 4.70. The van der Waals surface area contributed by atoms with Gasteiger partial charge in [-0.2, -0.15) is 18.4 Å². The highest BCUT2D eigenvalue weighted by atomic mass is 35.5. The normalized spacial score (nSPS) is 12.0. The van der Waals surface area contributed by atoms with Gasteiger partial charge in [0.15, 0.2) is 0 Å². The predicted molar refractivity (Wildman–Crippen MR) is 91.6 cm³/mol. The van der Waals surface area contributed by atoms with Crippen LogP contribution in [-0.2, 0) is 10.0 Å². The van der Waals surface area contributed by atoms with Gasteiger partial charge in [-0.05, 0) is 67.9 Å². The van der Waals surface area contributed by atoms with Crippen molar-refractivity contribution in [2.24, 2.45) is 5.10 Å². The molecule has 23 heavy (non-hydrogen) atoms. The van der Waals surface area contributed by atoms with Crippen molar-refractivity contribution in [3.63, 3.8) is 0 Å². The standard InChI is InChI=1S/C16H17ClN2O3S/c1-3-22-15-8-4-13(5-9-15)12(2)18-19-23(20,21)16-10-6-14(17)7-11-16/h4-11,19H,3H2,1-2H3/b18-12+. The zero-order valence-electron chi connectivity index (χ0n) is 12.8. The number of nitrogens with one attached hydrogen (secondary N) is 1. The van der Waals surface area contributed by atoms with Crippen LogP contribution in [0.5, 0.6) is 5.75 Å². The van der Waals surface area contributed by atoms with Gasteiger partial charge in [0.05, 0.1) is 17.2 Å². The maximum Gasteiger partial charge on any atom is 0.276 e. The molecule has 0 heterocycles. The van der Waals surface area contributed by atoms with Gasteiger partial charge in [0.2, 0.25) is 0 Å². The number of benzene rings is 2. The first kappa shape index (κ1) is 17.3. The maximum absolute atomic E-state index is 12.1. The minimum Gasteiger partial charge on any atom is -0.494 e. The van der Waals surface area contributed by atoms with Crippen LogP contribution < -0.4 is 9.57 Å². The lowest BCUT2D eigenvalue weighted by Gasteiger charge is -2.07. The van der Waals surface area contributed by atoms with Crippen LogP contribution in [0.2, 0.25) is 5.02 Å². The third kappa shape index (κ3) is 4.71. The molecule has 0 unspecified atom stereocenters. The molecule has 0 bridgehead atoms. The van der Waals surface area contributed by atoms with Crippen LogP contribution in [0.15, 0.2) is 58.5 Å². The van der Waals surface area contributed by atoms with Crippen molar-refractivity contribution in [2.75, 3.05) is 6.61 Å². The highest BCUT2D eigenvalue weighted by Gasteiger charge is 2.12. The topological polar surface area (TPSA) is 67.8 Å². The molecular formula is C16H17ClN2O3S. The largest absolute Gasteiger partial charge is 0.494 e. The average Bonchev–Trinajstić information content (AvgIpc) is 2.54. The molecule has 0 aliphatic carbocycles. The number of ether oxygens (including phenoxy) is 1. The number of rotatable bonds is 6. The molecule has 2 aromatic carbocycles. The highest BCUT2D eigenvalue weighted by molar-refractivity contribution is 7.89. The van der Waals surface area contributed by atoms with E-state index in [0.717, 1.165) is 11.3 Å². The van der Waals surface area contributed by atoms with E-state index in [1.807, 2.05) is 31.2 Å². The third-order valence-electron chi connectivity index (χ3n) is 3.04. The fourth-order valence-electron chi connectivity index (χ4n) is 1.82. The van der Waals surface area contributed by atoms with Gasteiger partial charge >= 0.3 is 0 Å². The predicted octanol–water partition coefficient (Wildman–Crippen LogP) is 3.44. The molecule has 0 amide bonds. The fraction of sp³-hybridized carbons (Fsp3) is 0.188. The Morgan fingerprint density at radius 3 is 2.30 bits per heavy atom. The second kappa shape index (κ2) is 7.48. The molecule has 0 aliphatic heterocycles. The Balaban J connectivity index is 2.13. The third-order valence-corrected chi connectivity index (χ3v) is 4.52. The molecule has 0 atom stereocenters. The Labute approximate surface area is 141 Å². The van der Waals surface area contributed by atoms with Crippen molar-refractivity contribution in [1.82, 2.24) is 4.83 Å². The van der Waals surface area contributed by atoms with Gasteiger partial charge in [0.1, 0.15) is 5.75 Å². The summed E-state index contributed by atoms with van der Waals surface area (Å²) in [6, 6.07) is 13.1. The van der Waals surface area contributed by atoms with Crippen molar-refractivity contribution < 1.29 is 13.2 Å². The summed E-state index contributed by atoms with van der Waals surface area (Å²) in [5.74, 6) is 0.755. The van der Waals surface area contributed by atoms with Crippen LogP contribution in [0, 0.1) is 0 Å². The van der Waals surface area contributed by atoms with Gasteiger partial charge in [-0.3, -0.25) is 0 Å². The SMILES string of the molecule is CCOc1ccc(/C(C)=N/NS(=O)(=O)c2ccc(Cl)cc2)cc1. The van der Waals surface area contributed by atoms with Gasteiger partial charge in [-0.15, -0.1) is 0 Å².